The minimum absolute atomic E-state index is 0.0149. The van der Waals surface area contributed by atoms with Crippen molar-refractivity contribution in [2.75, 3.05) is 0 Å². The molecule has 0 aromatic heterocycles. The summed E-state index contributed by atoms with van der Waals surface area (Å²) in [7, 11) is -7.84. The van der Waals surface area contributed by atoms with Gasteiger partial charge in [-0.05, 0) is 54.6 Å². The number of aromatic hydroxyl groups is 1. The second-order valence-electron chi connectivity index (χ2n) is 7.32. The number of benzene rings is 3. The summed E-state index contributed by atoms with van der Waals surface area (Å²) in [6.45, 7) is 0. The topological polar surface area (TPSA) is 283 Å². The Morgan fingerprint density at radius 1 is 0.933 bits per heavy atom. The van der Waals surface area contributed by atoms with Crippen LogP contribution in [-0.2, 0) is 34.6 Å². The van der Waals surface area contributed by atoms with Gasteiger partial charge in [-0.15, -0.1) is 4.40 Å². The van der Waals surface area contributed by atoms with E-state index in [1.807, 2.05) is 0 Å². The molecular formula is C22H14ClF3N6O10S3. The Labute approximate surface area is 256 Å². The van der Waals surface area contributed by atoms with Gasteiger partial charge in [0.2, 0.25) is 0 Å². The molecule has 0 atom stereocenters. The van der Waals surface area contributed by atoms with E-state index in [0.717, 1.165) is 54.6 Å². The van der Waals surface area contributed by atoms with E-state index in [1.165, 1.54) is 6.07 Å². The molecule has 16 nitrogen and oxygen atoms in total. The van der Waals surface area contributed by atoms with E-state index in [1.54, 1.807) is 12.1 Å². The number of hydrogen-bond acceptors (Lipinski definition) is 13. The number of carbonyl (C=O) groups excluding carboxylic acids is 1. The van der Waals surface area contributed by atoms with Crippen molar-refractivity contribution in [3.8, 4) is 29.4 Å². The first kappa shape index (κ1) is 37.8. The standard InChI is InChI=1S/2C7H5FN2O3S.C7H4FNO.CClNO3S/c8-4-1-2-6-5(3-4)7(9)10-14(11,12)13-6;8-6-1-2-7(5(3-6)4-9)13-14(10,11)12;8-6-1-2-7(10)5(3-6)4-9;2-7(5,6)3-1-4/h1-3H,(H2,9,10);1-3H,(H2,10,11,12);1-3,10H;. The molecule has 0 saturated carbocycles. The fraction of sp³-hybridized carbons (Fsp3) is 0. The molecule has 0 unspecified atom stereocenters. The quantitative estimate of drug-likeness (QED) is 0.198. The number of halogens is 4. The van der Waals surface area contributed by atoms with E-state index in [0.29, 0.717) is 0 Å². The summed E-state index contributed by atoms with van der Waals surface area (Å²) in [6.07, 6.45) is 0.763. The van der Waals surface area contributed by atoms with Crippen LogP contribution in [0.1, 0.15) is 16.7 Å². The van der Waals surface area contributed by atoms with Crippen molar-refractivity contribution in [2.24, 2.45) is 19.7 Å². The van der Waals surface area contributed by atoms with Crippen LogP contribution in [-0.4, -0.2) is 42.3 Å². The predicted molar refractivity (Wildman–Crippen MR) is 147 cm³/mol. The lowest BCUT2D eigenvalue weighted by Gasteiger charge is -2.13. The normalized spacial score (nSPS) is 12.4. The van der Waals surface area contributed by atoms with Crippen LogP contribution >= 0.6 is 10.7 Å². The van der Waals surface area contributed by atoms with E-state index in [4.69, 9.17) is 26.2 Å². The summed E-state index contributed by atoms with van der Waals surface area (Å²) in [5, 5.41) is 30.2. The van der Waals surface area contributed by atoms with Gasteiger partial charge in [-0.1, -0.05) is 4.40 Å². The zero-order valence-corrected chi connectivity index (χ0v) is 24.7. The molecule has 0 fully saturated rings. The molecule has 1 aliphatic heterocycles. The first-order chi connectivity index (χ1) is 20.7. The van der Waals surface area contributed by atoms with Crippen LogP contribution in [0.5, 0.6) is 17.2 Å². The van der Waals surface area contributed by atoms with E-state index in [9.17, 15) is 38.4 Å². The van der Waals surface area contributed by atoms with Crippen molar-refractivity contribution in [3.05, 3.63) is 88.7 Å². The van der Waals surface area contributed by atoms with E-state index >= 15 is 0 Å². The second-order valence-corrected chi connectivity index (χ2v) is 11.9. The van der Waals surface area contributed by atoms with Crippen molar-refractivity contribution in [3.63, 3.8) is 0 Å². The summed E-state index contributed by atoms with van der Waals surface area (Å²) in [5.74, 6) is -2.49. The average molecular weight is 711 g/mol. The number of nitrogens with zero attached hydrogens (tertiary/aromatic N) is 4. The Bertz CT molecular complexity index is 2080. The van der Waals surface area contributed by atoms with Gasteiger partial charge in [0.25, 0.3) is 6.08 Å². The molecule has 4 rings (SSSR count). The third-order valence-corrected chi connectivity index (χ3v) is 5.84. The van der Waals surface area contributed by atoms with Gasteiger partial charge >= 0.3 is 29.8 Å². The third-order valence-electron chi connectivity index (χ3n) is 4.12. The minimum atomic E-state index is -4.20. The van der Waals surface area contributed by atoms with Crippen LogP contribution in [0, 0.1) is 40.1 Å². The van der Waals surface area contributed by atoms with Crippen molar-refractivity contribution < 1.29 is 56.7 Å². The van der Waals surface area contributed by atoms with Crippen LogP contribution in [0.25, 0.3) is 0 Å². The Balaban J connectivity index is 0.000000310. The van der Waals surface area contributed by atoms with Gasteiger partial charge in [0, 0.05) is 10.7 Å². The van der Waals surface area contributed by atoms with Crippen molar-refractivity contribution in [2.45, 2.75) is 0 Å². The zero-order chi connectivity index (χ0) is 34.6. The molecule has 1 aliphatic rings. The van der Waals surface area contributed by atoms with Crippen molar-refractivity contribution in [1.29, 1.82) is 10.5 Å². The molecule has 0 bridgehead atoms. The van der Waals surface area contributed by atoms with Gasteiger partial charge in [-0.3, -0.25) is 0 Å². The smallest absolute Gasteiger partial charge is 0.430 e. The first-order valence-corrected chi connectivity index (χ1v) is 15.7. The highest BCUT2D eigenvalue weighted by atomic mass is 35.7. The highest BCUT2D eigenvalue weighted by Gasteiger charge is 2.23. The SMILES string of the molecule is N#Cc1cc(F)ccc1O.N#Cc1cc(F)ccc1OS(N)(=O)=O.NC1=NS(=O)(=O)Oc2ccc(F)cc21.O=C=NS(=O)(=O)Cl. The first-order valence-electron chi connectivity index (χ1n) is 10.6. The van der Waals surface area contributed by atoms with Gasteiger partial charge in [0.15, 0.2) is 17.3 Å². The Morgan fingerprint density at radius 3 is 1.91 bits per heavy atom. The van der Waals surface area contributed by atoms with E-state index < -0.39 is 47.3 Å². The molecular weight excluding hydrogens is 697 g/mol. The molecule has 238 valence electrons. The highest BCUT2D eigenvalue weighted by Crippen LogP contribution is 2.25. The maximum atomic E-state index is 12.7. The fourth-order valence-electron chi connectivity index (χ4n) is 2.51. The van der Waals surface area contributed by atoms with Gasteiger partial charge in [0.1, 0.15) is 35.3 Å². The second kappa shape index (κ2) is 16.0. The van der Waals surface area contributed by atoms with Crippen molar-refractivity contribution >= 4 is 52.4 Å². The summed E-state index contributed by atoms with van der Waals surface area (Å²) >= 11 is 0. The summed E-state index contributed by atoms with van der Waals surface area (Å²) < 4.78 is 114. The minimum Gasteiger partial charge on any atom is -0.507 e. The molecule has 0 amide bonds. The van der Waals surface area contributed by atoms with Crippen LogP contribution < -0.4 is 19.2 Å². The van der Waals surface area contributed by atoms with Gasteiger partial charge in [-0.2, -0.15) is 40.9 Å². The number of amidine groups is 1. The summed E-state index contributed by atoms with van der Waals surface area (Å²) in [6, 6.07) is 12.6. The largest absolute Gasteiger partial charge is 0.507 e. The Morgan fingerprint density at radius 2 is 1.44 bits per heavy atom. The summed E-state index contributed by atoms with van der Waals surface area (Å²) in [4.78, 5) is 9.07. The molecule has 0 spiro atoms. The van der Waals surface area contributed by atoms with Crippen LogP contribution in [0.15, 0.2) is 63.4 Å². The predicted octanol–water partition coefficient (Wildman–Crippen LogP) is 1.66. The Kier molecular flexibility index (Phi) is 13.5. The number of nitriles is 2. The molecule has 23 heteroatoms. The van der Waals surface area contributed by atoms with Crippen LogP contribution in [0.3, 0.4) is 0 Å². The number of rotatable bonds is 3. The lowest BCUT2D eigenvalue weighted by Crippen LogP contribution is -2.24. The number of hydrogen-bond donors (Lipinski definition) is 3. The van der Waals surface area contributed by atoms with Crippen molar-refractivity contribution in [1.82, 2.24) is 0 Å². The summed E-state index contributed by atoms with van der Waals surface area (Å²) in [5.41, 5.74) is 5.18. The zero-order valence-electron chi connectivity index (χ0n) is 21.5. The third kappa shape index (κ3) is 14.2. The van der Waals surface area contributed by atoms with Gasteiger partial charge in [-0.25, -0.2) is 18.0 Å². The molecule has 0 radical (unpaired) electrons. The molecule has 45 heavy (non-hydrogen) atoms. The fourth-order valence-corrected chi connectivity index (χ4v) is 3.82. The Hall–Kier alpha value is -5.22. The van der Waals surface area contributed by atoms with Crippen LogP contribution in [0.4, 0.5) is 13.2 Å². The monoisotopic (exact) mass is 710 g/mol. The molecule has 1 heterocycles. The lowest BCUT2D eigenvalue weighted by molar-refractivity contribution is 0.471. The molecule has 0 aliphatic carbocycles. The number of fused-ring (bicyclic) bond motifs is 1. The van der Waals surface area contributed by atoms with Gasteiger partial charge < -0.3 is 19.2 Å². The highest BCUT2D eigenvalue weighted by molar-refractivity contribution is 8.12. The lowest BCUT2D eigenvalue weighted by atomic mass is 10.2. The van der Waals surface area contributed by atoms with E-state index in [-0.39, 0.29) is 39.8 Å². The number of nitrogens with two attached hydrogens (primary N) is 2. The molecule has 3 aromatic carbocycles. The average Bonchev–Trinajstić information content (AvgIpc) is 2.91. The maximum Gasteiger partial charge on any atom is 0.430 e. The van der Waals surface area contributed by atoms with Crippen LogP contribution in [0.2, 0.25) is 0 Å². The molecule has 5 N–H and O–H groups in total. The number of phenols is 1. The van der Waals surface area contributed by atoms with Gasteiger partial charge in [0.05, 0.1) is 16.7 Å². The number of phenolic OH excluding ortho intramolecular Hbond substituents is 1. The number of isocyanates is 1. The molecule has 0 saturated heterocycles. The maximum absolute atomic E-state index is 12.7. The van der Waals surface area contributed by atoms with E-state index in [2.05, 4.69) is 33.0 Å². The molecule has 3 aromatic rings.